The summed E-state index contributed by atoms with van der Waals surface area (Å²) in [6.07, 6.45) is 1.69. The summed E-state index contributed by atoms with van der Waals surface area (Å²) in [4.78, 5) is 13.4. The molecule has 0 radical (unpaired) electrons. The van der Waals surface area contributed by atoms with E-state index >= 15 is 0 Å². The second kappa shape index (κ2) is 5.98. The lowest BCUT2D eigenvalue weighted by Crippen LogP contribution is -2.29. The summed E-state index contributed by atoms with van der Waals surface area (Å²) in [6, 6.07) is 0. The van der Waals surface area contributed by atoms with E-state index in [2.05, 4.69) is 12.2 Å². The van der Waals surface area contributed by atoms with Crippen molar-refractivity contribution < 1.29 is 4.79 Å². The van der Waals surface area contributed by atoms with E-state index in [1.165, 1.54) is 0 Å². The summed E-state index contributed by atoms with van der Waals surface area (Å²) >= 11 is 0. The van der Waals surface area contributed by atoms with Gasteiger partial charge in [-0.2, -0.15) is 0 Å². The summed E-state index contributed by atoms with van der Waals surface area (Å²) in [7, 11) is 0. The van der Waals surface area contributed by atoms with Gasteiger partial charge in [-0.3, -0.25) is 4.79 Å². The van der Waals surface area contributed by atoms with Crippen molar-refractivity contribution in [2.24, 2.45) is 11.7 Å². The first-order chi connectivity index (χ1) is 6.77. The molecular formula is C10H21N3O. The van der Waals surface area contributed by atoms with Crippen LogP contribution in [0.1, 0.15) is 19.8 Å². The molecule has 1 aliphatic heterocycles. The number of carbonyl (C=O) groups is 1. The minimum atomic E-state index is 0.275. The molecule has 1 amide bonds. The van der Waals surface area contributed by atoms with E-state index in [9.17, 15) is 4.79 Å². The molecule has 0 bridgehead atoms. The van der Waals surface area contributed by atoms with E-state index in [-0.39, 0.29) is 5.91 Å². The van der Waals surface area contributed by atoms with E-state index < -0.39 is 0 Å². The van der Waals surface area contributed by atoms with Gasteiger partial charge in [0.1, 0.15) is 0 Å². The predicted molar refractivity (Wildman–Crippen MR) is 56.9 cm³/mol. The van der Waals surface area contributed by atoms with Crippen LogP contribution in [0.5, 0.6) is 0 Å². The molecule has 0 aromatic carbocycles. The molecule has 1 atom stereocenters. The van der Waals surface area contributed by atoms with Crippen LogP contribution in [0, 0.1) is 5.92 Å². The number of carbonyl (C=O) groups excluding carboxylic acids is 1. The van der Waals surface area contributed by atoms with Gasteiger partial charge in [-0.25, -0.2) is 0 Å². The second-order valence-corrected chi connectivity index (χ2v) is 3.85. The Morgan fingerprint density at radius 3 is 3.00 bits per heavy atom. The zero-order chi connectivity index (χ0) is 10.4. The smallest absolute Gasteiger partial charge is 0.222 e. The van der Waals surface area contributed by atoms with Gasteiger partial charge in [-0.15, -0.1) is 0 Å². The van der Waals surface area contributed by atoms with Gasteiger partial charge < -0.3 is 16.0 Å². The normalized spacial score (nSPS) is 22.0. The van der Waals surface area contributed by atoms with Gasteiger partial charge in [0.2, 0.25) is 5.91 Å². The van der Waals surface area contributed by atoms with Crippen molar-refractivity contribution in [1.29, 1.82) is 0 Å². The first-order valence-corrected chi connectivity index (χ1v) is 5.46. The molecule has 82 valence electrons. The maximum Gasteiger partial charge on any atom is 0.222 e. The Balaban J connectivity index is 2.15. The molecule has 1 fully saturated rings. The molecule has 0 aromatic heterocycles. The Kier molecular flexibility index (Phi) is 4.90. The summed E-state index contributed by atoms with van der Waals surface area (Å²) in [5, 5.41) is 3.25. The number of amides is 1. The summed E-state index contributed by atoms with van der Waals surface area (Å²) < 4.78 is 0. The maximum absolute atomic E-state index is 11.5. The number of nitrogens with zero attached hydrogens (tertiary/aromatic N) is 1. The molecule has 1 rings (SSSR count). The van der Waals surface area contributed by atoms with Crippen molar-refractivity contribution in [2.45, 2.75) is 19.8 Å². The number of nitrogens with two attached hydrogens (primary N) is 1. The highest BCUT2D eigenvalue weighted by molar-refractivity contribution is 5.78. The molecule has 3 N–H and O–H groups in total. The largest absolute Gasteiger partial charge is 0.342 e. The van der Waals surface area contributed by atoms with Crippen molar-refractivity contribution in [2.75, 3.05) is 32.7 Å². The van der Waals surface area contributed by atoms with Crippen LogP contribution in [0.25, 0.3) is 0 Å². The summed E-state index contributed by atoms with van der Waals surface area (Å²) in [5.41, 5.74) is 5.54. The highest BCUT2D eigenvalue weighted by Crippen LogP contribution is 2.16. The van der Waals surface area contributed by atoms with Gasteiger partial charge in [0, 0.05) is 19.5 Å². The molecule has 0 aliphatic carbocycles. The lowest BCUT2D eigenvalue weighted by molar-refractivity contribution is -0.127. The molecule has 1 unspecified atom stereocenters. The maximum atomic E-state index is 11.5. The first-order valence-electron chi connectivity index (χ1n) is 5.46. The van der Waals surface area contributed by atoms with Gasteiger partial charge in [-0.05, 0) is 32.0 Å². The Morgan fingerprint density at radius 1 is 1.64 bits per heavy atom. The van der Waals surface area contributed by atoms with E-state index in [1.807, 2.05) is 4.90 Å². The quantitative estimate of drug-likeness (QED) is 0.582. The van der Waals surface area contributed by atoms with Crippen molar-refractivity contribution in [3.8, 4) is 0 Å². The molecule has 14 heavy (non-hydrogen) atoms. The zero-order valence-electron chi connectivity index (χ0n) is 8.96. The molecule has 4 heteroatoms. The molecule has 0 aromatic rings. The number of rotatable bonds is 6. The van der Waals surface area contributed by atoms with E-state index in [1.54, 1.807) is 0 Å². The van der Waals surface area contributed by atoms with E-state index in [4.69, 9.17) is 5.73 Å². The SMILES string of the molecule is CCNCCCN1CC(CN)CC1=O. The third kappa shape index (κ3) is 3.27. The third-order valence-corrected chi connectivity index (χ3v) is 2.66. The van der Waals surface area contributed by atoms with Gasteiger partial charge in [0.25, 0.3) is 0 Å². The highest BCUT2D eigenvalue weighted by atomic mass is 16.2. The van der Waals surface area contributed by atoms with Crippen LogP contribution in [-0.2, 0) is 4.79 Å². The summed E-state index contributed by atoms with van der Waals surface area (Å²) in [5.74, 6) is 0.665. The van der Waals surface area contributed by atoms with Crippen LogP contribution in [-0.4, -0.2) is 43.5 Å². The van der Waals surface area contributed by atoms with Crippen molar-refractivity contribution >= 4 is 5.91 Å². The monoisotopic (exact) mass is 199 g/mol. The van der Waals surface area contributed by atoms with Gasteiger partial charge in [-0.1, -0.05) is 6.92 Å². The predicted octanol–water partition coefficient (Wildman–Crippen LogP) is -0.207. The van der Waals surface area contributed by atoms with Crippen LogP contribution in [0.2, 0.25) is 0 Å². The minimum absolute atomic E-state index is 0.275. The number of hydrogen-bond acceptors (Lipinski definition) is 3. The molecule has 1 aliphatic rings. The average molecular weight is 199 g/mol. The number of likely N-dealkylation sites (tertiary alicyclic amines) is 1. The van der Waals surface area contributed by atoms with Crippen molar-refractivity contribution in [3.63, 3.8) is 0 Å². The van der Waals surface area contributed by atoms with Crippen LogP contribution in [0.4, 0.5) is 0 Å². The molecular weight excluding hydrogens is 178 g/mol. The summed E-state index contributed by atoms with van der Waals surface area (Å²) in [6.45, 7) is 6.46. The Labute approximate surface area is 85.8 Å². The van der Waals surface area contributed by atoms with Gasteiger partial charge in [0.05, 0.1) is 0 Å². The first kappa shape index (κ1) is 11.5. The Morgan fingerprint density at radius 2 is 2.43 bits per heavy atom. The fourth-order valence-corrected chi connectivity index (χ4v) is 1.80. The van der Waals surface area contributed by atoms with Crippen LogP contribution >= 0.6 is 0 Å². The lowest BCUT2D eigenvalue weighted by Gasteiger charge is -2.16. The Bertz CT molecular complexity index is 184. The third-order valence-electron chi connectivity index (χ3n) is 2.66. The molecule has 4 nitrogen and oxygen atoms in total. The molecule has 1 saturated heterocycles. The van der Waals surface area contributed by atoms with E-state index in [0.717, 1.165) is 32.6 Å². The van der Waals surface area contributed by atoms with Crippen molar-refractivity contribution in [1.82, 2.24) is 10.2 Å². The standard InChI is InChI=1S/C10H21N3O/c1-2-12-4-3-5-13-8-9(7-11)6-10(13)14/h9,12H,2-8,11H2,1H3. The van der Waals surface area contributed by atoms with Crippen molar-refractivity contribution in [3.05, 3.63) is 0 Å². The molecule has 0 spiro atoms. The number of nitrogens with one attached hydrogen (secondary N) is 1. The van der Waals surface area contributed by atoms with Crippen LogP contribution in [0.15, 0.2) is 0 Å². The van der Waals surface area contributed by atoms with Gasteiger partial charge >= 0.3 is 0 Å². The lowest BCUT2D eigenvalue weighted by atomic mass is 10.1. The van der Waals surface area contributed by atoms with Crippen LogP contribution < -0.4 is 11.1 Å². The fraction of sp³-hybridized carbons (Fsp3) is 0.900. The fourth-order valence-electron chi connectivity index (χ4n) is 1.80. The number of hydrogen-bond donors (Lipinski definition) is 2. The minimum Gasteiger partial charge on any atom is -0.342 e. The molecule has 0 saturated carbocycles. The second-order valence-electron chi connectivity index (χ2n) is 3.85. The molecule has 1 heterocycles. The highest BCUT2D eigenvalue weighted by Gasteiger charge is 2.27. The van der Waals surface area contributed by atoms with Gasteiger partial charge in [0.15, 0.2) is 0 Å². The zero-order valence-corrected chi connectivity index (χ0v) is 8.96. The van der Waals surface area contributed by atoms with E-state index in [0.29, 0.717) is 18.9 Å². The topological polar surface area (TPSA) is 58.4 Å². The van der Waals surface area contributed by atoms with Crippen LogP contribution in [0.3, 0.4) is 0 Å². The Hall–Kier alpha value is -0.610. The average Bonchev–Trinajstić information content (AvgIpc) is 2.54.